The zero-order valence-electron chi connectivity index (χ0n) is 17.5. The Morgan fingerprint density at radius 3 is 2.41 bits per heavy atom. The molecule has 0 aliphatic carbocycles. The van der Waals surface area contributed by atoms with Crippen molar-refractivity contribution in [1.82, 2.24) is 15.3 Å². The zero-order valence-corrected chi connectivity index (χ0v) is 18.2. The summed E-state index contributed by atoms with van der Waals surface area (Å²) in [5, 5.41) is 3.68. The fourth-order valence-electron chi connectivity index (χ4n) is 3.28. The topological polar surface area (TPSA) is 67.0 Å². The number of aryl methyl sites for hydroxylation is 4. The lowest BCUT2D eigenvalue weighted by Gasteiger charge is -2.12. The van der Waals surface area contributed by atoms with Gasteiger partial charge >= 0.3 is 0 Å². The van der Waals surface area contributed by atoms with E-state index in [1.165, 1.54) is 11.1 Å². The zero-order chi connectivity index (χ0) is 21.0. The summed E-state index contributed by atoms with van der Waals surface area (Å²) in [4.78, 5) is 20.1. The average molecular weight is 414 g/mol. The normalized spacial score (nSPS) is 11.1. The molecule has 0 atom stereocenters. The van der Waals surface area contributed by atoms with Crippen LogP contribution in [0.5, 0.6) is 5.75 Å². The van der Waals surface area contributed by atoms with Gasteiger partial charge in [0.15, 0.2) is 6.61 Å². The van der Waals surface area contributed by atoms with Crippen molar-refractivity contribution < 1.29 is 9.53 Å². The van der Waals surface area contributed by atoms with Crippen LogP contribution >= 0.6 is 11.6 Å². The number of ether oxygens (including phenoxy) is 1. The maximum atomic E-state index is 12.2. The molecule has 1 amide bonds. The summed E-state index contributed by atoms with van der Waals surface area (Å²) in [6.45, 7) is 8.75. The lowest BCUT2D eigenvalue weighted by atomic mass is 10.1. The first-order chi connectivity index (χ1) is 13.9. The molecule has 2 aromatic carbocycles. The minimum absolute atomic E-state index is 0.0214. The summed E-state index contributed by atoms with van der Waals surface area (Å²) in [5.74, 6) is 1.39. The molecule has 0 aliphatic rings. The molecule has 3 aromatic rings. The van der Waals surface area contributed by atoms with Gasteiger partial charge in [-0.25, -0.2) is 4.98 Å². The molecule has 0 unspecified atom stereocenters. The quantitative estimate of drug-likeness (QED) is 0.562. The smallest absolute Gasteiger partial charge is 0.257 e. The van der Waals surface area contributed by atoms with Crippen LogP contribution < -0.4 is 10.1 Å². The predicted octanol–water partition coefficient (Wildman–Crippen LogP) is 4.70. The van der Waals surface area contributed by atoms with Gasteiger partial charge in [0.25, 0.3) is 5.91 Å². The van der Waals surface area contributed by atoms with Crippen LogP contribution in [0.3, 0.4) is 0 Å². The van der Waals surface area contributed by atoms with Gasteiger partial charge in [0.05, 0.1) is 11.0 Å². The summed E-state index contributed by atoms with van der Waals surface area (Å²) in [7, 11) is 0. The number of H-pyrrole nitrogens is 1. The number of hydrogen-bond donors (Lipinski definition) is 2. The van der Waals surface area contributed by atoms with E-state index in [0.717, 1.165) is 45.8 Å². The monoisotopic (exact) mass is 413 g/mol. The van der Waals surface area contributed by atoms with E-state index in [4.69, 9.17) is 16.3 Å². The van der Waals surface area contributed by atoms with Gasteiger partial charge < -0.3 is 15.0 Å². The van der Waals surface area contributed by atoms with Crippen molar-refractivity contribution >= 4 is 28.5 Å². The summed E-state index contributed by atoms with van der Waals surface area (Å²) < 4.78 is 5.69. The Kier molecular flexibility index (Phi) is 6.80. The van der Waals surface area contributed by atoms with Gasteiger partial charge in [-0.15, -0.1) is 0 Å². The van der Waals surface area contributed by atoms with Gasteiger partial charge in [0.2, 0.25) is 0 Å². The van der Waals surface area contributed by atoms with E-state index in [9.17, 15) is 4.79 Å². The Balaban J connectivity index is 1.52. The second-order valence-electron chi connectivity index (χ2n) is 7.29. The van der Waals surface area contributed by atoms with Crippen LogP contribution in [-0.4, -0.2) is 29.0 Å². The van der Waals surface area contributed by atoms with Crippen LogP contribution in [0.2, 0.25) is 5.02 Å². The highest BCUT2D eigenvalue weighted by Crippen LogP contribution is 2.28. The molecule has 29 heavy (non-hydrogen) atoms. The largest absolute Gasteiger partial charge is 0.484 e. The number of nitrogens with zero attached hydrogens (tertiary/aromatic N) is 1. The van der Waals surface area contributed by atoms with Crippen molar-refractivity contribution in [2.75, 3.05) is 13.2 Å². The molecule has 0 saturated heterocycles. The summed E-state index contributed by atoms with van der Waals surface area (Å²) in [5.41, 5.74) is 6.52. The highest BCUT2D eigenvalue weighted by molar-refractivity contribution is 6.32. The van der Waals surface area contributed by atoms with Crippen LogP contribution in [0.25, 0.3) is 11.0 Å². The molecule has 1 heterocycles. The molecule has 3 rings (SSSR count). The van der Waals surface area contributed by atoms with E-state index in [-0.39, 0.29) is 12.5 Å². The van der Waals surface area contributed by atoms with E-state index in [1.54, 1.807) is 0 Å². The van der Waals surface area contributed by atoms with E-state index in [2.05, 4.69) is 55.1 Å². The molecule has 0 radical (unpaired) electrons. The van der Waals surface area contributed by atoms with Crippen LogP contribution in [0.15, 0.2) is 24.3 Å². The molecule has 154 valence electrons. The number of carbonyl (C=O) groups is 1. The molecule has 0 saturated carbocycles. The van der Waals surface area contributed by atoms with Crippen LogP contribution in [0.1, 0.15) is 41.9 Å². The summed E-state index contributed by atoms with van der Waals surface area (Å²) in [6.07, 6.45) is 2.29. The van der Waals surface area contributed by atoms with Crippen molar-refractivity contribution in [3.63, 3.8) is 0 Å². The fourth-order valence-corrected chi connectivity index (χ4v) is 3.65. The first-order valence-corrected chi connectivity index (χ1v) is 10.5. The van der Waals surface area contributed by atoms with Crippen LogP contribution in [-0.2, 0) is 24.1 Å². The van der Waals surface area contributed by atoms with Crippen LogP contribution in [0, 0.1) is 13.8 Å². The SMILES string of the molecule is CCc1cc(OCC(=O)NCCc2nc3cc(C)c(C)cc3[nH]2)cc(CC)c1Cl. The second-order valence-corrected chi connectivity index (χ2v) is 7.67. The number of fused-ring (bicyclic) bond motifs is 1. The maximum absolute atomic E-state index is 12.2. The van der Waals surface area contributed by atoms with Gasteiger partial charge in [-0.3, -0.25) is 4.79 Å². The Morgan fingerprint density at radius 1 is 1.10 bits per heavy atom. The third-order valence-corrected chi connectivity index (χ3v) is 5.64. The standard InChI is InChI=1S/C23H28ClN3O2/c1-5-16-11-18(12-17(6-2)23(16)24)29-13-22(28)25-8-7-21-26-19-9-14(3)15(4)10-20(19)27-21/h9-12H,5-8,13H2,1-4H3,(H,25,28)(H,26,27). The third-order valence-electron chi connectivity index (χ3n) is 5.16. The summed E-state index contributed by atoms with van der Waals surface area (Å²) >= 11 is 6.37. The number of nitrogens with one attached hydrogen (secondary N) is 2. The molecular formula is C23H28ClN3O2. The van der Waals surface area contributed by atoms with E-state index >= 15 is 0 Å². The minimum atomic E-state index is -0.154. The molecule has 0 fully saturated rings. The number of rotatable bonds is 8. The molecule has 1 aromatic heterocycles. The molecule has 6 heteroatoms. The predicted molar refractivity (Wildman–Crippen MR) is 118 cm³/mol. The third kappa shape index (κ3) is 5.10. The Morgan fingerprint density at radius 2 is 1.76 bits per heavy atom. The minimum Gasteiger partial charge on any atom is -0.484 e. The maximum Gasteiger partial charge on any atom is 0.257 e. The van der Waals surface area contributed by atoms with Crippen molar-refractivity contribution in [3.8, 4) is 5.75 Å². The first kappa shape index (κ1) is 21.2. The van der Waals surface area contributed by atoms with E-state index in [0.29, 0.717) is 18.7 Å². The van der Waals surface area contributed by atoms with Gasteiger partial charge in [0, 0.05) is 18.0 Å². The molecule has 5 nitrogen and oxygen atoms in total. The van der Waals surface area contributed by atoms with Gasteiger partial charge in [-0.05, 0) is 73.2 Å². The highest BCUT2D eigenvalue weighted by Gasteiger charge is 2.10. The molecule has 0 aliphatic heterocycles. The molecule has 0 bridgehead atoms. The number of imidazole rings is 1. The number of halogens is 1. The van der Waals surface area contributed by atoms with Gasteiger partial charge in [-0.1, -0.05) is 25.4 Å². The first-order valence-electron chi connectivity index (χ1n) is 10.1. The van der Waals surface area contributed by atoms with Crippen molar-refractivity contribution in [1.29, 1.82) is 0 Å². The fraction of sp³-hybridized carbons (Fsp3) is 0.391. The van der Waals surface area contributed by atoms with Crippen molar-refractivity contribution in [3.05, 3.63) is 57.4 Å². The number of carbonyl (C=O) groups excluding carboxylic acids is 1. The van der Waals surface area contributed by atoms with Crippen LogP contribution in [0.4, 0.5) is 0 Å². The summed E-state index contributed by atoms with van der Waals surface area (Å²) in [6, 6.07) is 8.01. The average Bonchev–Trinajstić information content (AvgIpc) is 3.08. The Bertz CT molecular complexity index is 962. The van der Waals surface area contributed by atoms with E-state index in [1.807, 2.05) is 12.1 Å². The lowest BCUT2D eigenvalue weighted by Crippen LogP contribution is -2.30. The Labute approximate surface area is 176 Å². The lowest BCUT2D eigenvalue weighted by molar-refractivity contribution is -0.123. The van der Waals surface area contributed by atoms with Crippen molar-refractivity contribution in [2.45, 2.75) is 47.0 Å². The molecule has 0 spiro atoms. The van der Waals surface area contributed by atoms with E-state index < -0.39 is 0 Å². The molecule has 2 N–H and O–H groups in total. The van der Waals surface area contributed by atoms with Gasteiger partial charge in [-0.2, -0.15) is 0 Å². The molecular weight excluding hydrogens is 386 g/mol. The number of amides is 1. The van der Waals surface area contributed by atoms with Gasteiger partial charge in [0.1, 0.15) is 11.6 Å². The van der Waals surface area contributed by atoms with Crippen molar-refractivity contribution in [2.24, 2.45) is 0 Å². The second kappa shape index (κ2) is 9.31. The number of hydrogen-bond acceptors (Lipinski definition) is 3. The number of aromatic nitrogens is 2. The number of aromatic amines is 1. The number of benzene rings is 2. The Hall–Kier alpha value is -2.53. The highest BCUT2D eigenvalue weighted by atomic mass is 35.5.